The zero-order valence-electron chi connectivity index (χ0n) is 14.1. The predicted octanol–water partition coefficient (Wildman–Crippen LogP) is 3.71. The minimum Gasteiger partial charge on any atom is -0.381 e. The number of rotatable bonds is 3. The van der Waals surface area contributed by atoms with Gasteiger partial charge in [-0.15, -0.1) is 24.0 Å². The quantitative estimate of drug-likeness (QED) is 0.418. The molecule has 130 valence electrons. The Balaban J connectivity index is 0.00000264. The van der Waals surface area contributed by atoms with Crippen LogP contribution in [0.2, 0.25) is 5.02 Å². The van der Waals surface area contributed by atoms with Gasteiger partial charge in [0.05, 0.1) is 6.54 Å². The van der Waals surface area contributed by atoms with Gasteiger partial charge in [0.1, 0.15) is 0 Å². The van der Waals surface area contributed by atoms with Gasteiger partial charge in [-0.25, -0.2) is 0 Å². The molecule has 3 N–H and O–H groups in total. The Morgan fingerprint density at radius 3 is 2.48 bits per heavy atom. The molecule has 0 bridgehead atoms. The van der Waals surface area contributed by atoms with E-state index in [9.17, 15) is 0 Å². The number of guanidine groups is 1. The molecule has 2 rings (SSSR count). The number of halogens is 2. The van der Waals surface area contributed by atoms with E-state index in [1.807, 2.05) is 18.2 Å². The topological polar surface area (TPSA) is 59.6 Å². The van der Waals surface area contributed by atoms with E-state index in [1.165, 1.54) is 0 Å². The number of aliphatic imine (C=N–C) groups is 1. The lowest BCUT2D eigenvalue weighted by atomic mass is 9.74. The minimum absolute atomic E-state index is 0. The fraction of sp³-hybridized carbons (Fsp3) is 0.588. The lowest BCUT2D eigenvalue weighted by Crippen LogP contribution is -2.46. The summed E-state index contributed by atoms with van der Waals surface area (Å²) >= 11 is 6.43. The van der Waals surface area contributed by atoms with Crippen molar-refractivity contribution in [3.05, 3.63) is 34.9 Å². The highest BCUT2D eigenvalue weighted by Crippen LogP contribution is 2.38. The van der Waals surface area contributed by atoms with Crippen LogP contribution < -0.4 is 11.1 Å². The van der Waals surface area contributed by atoms with Crippen molar-refractivity contribution < 1.29 is 4.74 Å². The fourth-order valence-electron chi connectivity index (χ4n) is 2.83. The Morgan fingerprint density at radius 1 is 1.30 bits per heavy atom. The highest BCUT2D eigenvalue weighted by molar-refractivity contribution is 14.0. The molecule has 4 nitrogen and oxygen atoms in total. The average Bonchev–Trinajstić information content (AvgIpc) is 2.45. The number of hydrogen-bond donors (Lipinski definition) is 2. The first-order chi connectivity index (χ1) is 10.3. The Morgan fingerprint density at radius 2 is 1.91 bits per heavy atom. The number of hydrogen-bond acceptors (Lipinski definition) is 2. The van der Waals surface area contributed by atoms with Crippen LogP contribution in [0.25, 0.3) is 0 Å². The first-order valence-corrected chi connectivity index (χ1v) is 8.11. The maximum absolute atomic E-state index is 6.43. The smallest absolute Gasteiger partial charge is 0.189 e. The van der Waals surface area contributed by atoms with Crippen molar-refractivity contribution in [2.24, 2.45) is 10.7 Å². The summed E-state index contributed by atoms with van der Waals surface area (Å²) in [4.78, 5) is 4.59. The third-order valence-corrected chi connectivity index (χ3v) is 4.28. The van der Waals surface area contributed by atoms with Crippen LogP contribution in [0.15, 0.2) is 29.3 Å². The van der Waals surface area contributed by atoms with Gasteiger partial charge in [0.25, 0.3) is 0 Å². The molecular formula is C17H27ClIN3O. The monoisotopic (exact) mass is 451 g/mol. The Labute approximate surface area is 161 Å². The summed E-state index contributed by atoms with van der Waals surface area (Å²) in [5.74, 6) is 0.477. The molecule has 0 radical (unpaired) electrons. The maximum Gasteiger partial charge on any atom is 0.189 e. The van der Waals surface area contributed by atoms with Crippen LogP contribution in [0.1, 0.15) is 39.2 Å². The van der Waals surface area contributed by atoms with Crippen molar-refractivity contribution in [3.63, 3.8) is 0 Å². The third kappa shape index (κ3) is 5.80. The van der Waals surface area contributed by atoms with Crippen LogP contribution >= 0.6 is 35.6 Å². The molecule has 0 amide bonds. The summed E-state index contributed by atoms with van der Waals surface area (Å²) in [5.41, 5.74) is 6.98. The Hall–Kier alpha value is -0.530. The molecular weight excluding hydrogens is 425 g/mol. The normalized spacial score (nSPS) is 18.2. The van der Waals surface area contributed by atoms with Crippen LogP contribution in [0, 0.1) is 0 Å². The lowest BCUT2D eigenvalue weighted by molar-refractivity contribution is 0.0531. The number of ether oxygens (including phenoxy) is 1. The van der Waals surface area contributed by atoms with E-state index in [0.717, 1.165) is 36.6 Å². The third-order valence-electron chi connectivity index (χ3n) is 3.95. The second kappa shape index (κ2) is 8.53. The highest BCUT2D eigenvalue weighted by Gasteiger charge is 2.36. The van der Waals surface area contributed by atoms with Gasteiger partial charge in [0.2, 0.25) is 0 Å². The van der Waals surface area contributed by atoms with Crippen molar-refractivity contribution in [1.82, 2.24) is 5.32 Å². The van der Waals surface area contributed by atoms with Gasteiger partial charge in [-0.05, 0) is 45.2 Å². The minimum atomic E-state index is -0.0965. The van der Waals surface area contributed by atoms with Crippen LogP contribution in [-0.2, 0) is 10.2 Å². The summed E-state index contributed by atoms with van der Waals surface area (Å²) in [5, 5.41) is 4.00. The fourth-order valence-corrected chi connectivity index (χ4v) is 3.16. The zero-order chi connectivity index (χ0) is 16.2. The molecule has 0 spiro atoms. The molecule has 1 aliphatic rings. The molecule has 1 heterocycles. The van der Waals surface area contributed by atoms with Gasteiger partial charge in [-0.3, -0.25) is 4.99 Å². The molecule has 1 aromatic rings. The standard InChI is InChI=1S/C17H26ClN3O.HI/c1-16(2,3)21-15(19)20-12-17(8-10-22-11-9-17)13-6-4-5-7-14(13)18;/h4-7H,8-12H2,1-3H3,(H3,19,20,21);1H. The van der Waals surface area contributed by atoms with Crippen molar-refractivity contribution in [2.75, 3.05) is 19.8 Å². The lowest BCUT2D eigenvalue weighted by Gasteiger charge is -2.37. The summed E-state index contributed by atoms with van der Waals surface area (Å²) in [6.45, 7) is 8.27. The molecule has 0 unspecified atom stereocenters. The first-order valence-electron chi connectivity index (χ1n) is 7.73. The summed E-state index contributed by atoms with van der Waals surface area (Å²) < 4.78 is 5.54. The molecule has 1 aliphatic heterocycles. The van der Waals surface area contributed by atoms with E-state index >= 15 is 0 Å². The van der Waals surface area contributed by atoms with E-state index in [2.05, 4.69) is 37.1 Å². The molecule has 1 fully saturated rings. The largest absolute Gasteiger partial charge is 0.381 e. The summed E-state index contributed by atoms with van der Waals surface area (Å²) in [6, 6.07) is 8.02. The number of nitrogens with two attached hydrogens (primary N) is 1. The highest BCUT2D eigenvalue weighted by atomic mass is 127. The molecule has 1 saturated heterocycles. The van der Waals surface area contributed by atoms with Gasteiger partial charge in [0, 0.05) is 29.2 Å². The van der Waals surface area contributed by atoms with Crippen LogP contribution in [0.5, 0.6) is 0 Å². The van der Waals surface area contributed by atoms with Crippen LogP contribution in [0.4, 0.5) is 0 Å². The number of benzene rings is 1. The van der Waals surface area contributed by atoms with E-state index in [-0.39, 0.29) is 34.9 Å². The van der Waals surface area contributed by atoms with Gasteiger partial charge in [0.15, 0.2) is 5.96 Å². The van der Waals surface area contributed by atoms with Gasteiger partial charge in [-0.2, -0.15) is 0 Å². The van der Waals surface area contributed by atoms with Crippen LogP contribution in [0.3, 0.4) is 0 Å². The molecule has 0 atom stereocenters. The zero-order valence-corrected chi connectivity index (χ0v) is 17.2. The van der Waals surface area contributed by atoms with E-state index in [4.69, 9.17) is 22.1 Å². The van der Waals surface area contributed by atoms with E-state index < -0.39 is 0 Å². The Kier molecular flexibility index (Phi) is 7.61. The summed E-state index contributed by atoms with van der Waals surface area (Å²) in [7, 11) is 0. The summed E-state index contributed by atoms with van der Waals surface area (Å²) in [6.07, 6.45) is 1.81. The Bertz CT molecular complexity index is 537. The van der Waals surface area contributed by atoms with Crippen molar-refractivity contribution >= 4 is 41.5 Å². The first kappa shape index (κ1) is 20.5. The van der Waals surface area contributed by atoms with Crippen molar-refractivity contribution in [3.8, 4) is 0 Å². The average molecular weight is 452 g/mol. The SMILES string of the molecule is CC(C)(C)NC(N)=NCC1(c2ccccc2Cl)CCOCC1.I. The molecule has 23 heavy (non-hydrogen) atoms. The van der Waals surface area contributed by atoms with Crippen molar-refractivity contribution in [1.29, 1.82) is 0 Å². The van der Waals surface area contributed by atoms with Gasteiger partial charge < -0.3 is 15.8 Å². The van der Waals surface area contributed by atoms with E-state index in [1.54, 1.807) is 0 Å². The molecule has 0 saturated carbocycles. The van der Waals surface area contributed by atoms with Crippen molar-refractivity contribution in [2.45, 2.75) is 44.6 Å². The maximum atomic E-state index is 6.43. The van der Waals surface area contributed by atoms with E-state index in [0.29, 0.717) is 12.5 Å². The molecule has 0 aliphatic carbocycles. The van der Waals surface area contributed by atoms with Crippen LogP contribution in [-0.4, -0.2) is 31.3 Å². The van der Waals surface area contributed by atoms with Gasteiger partial charge >= 0.3 is 0 Å². The second-order valence-corrected chi connectivity index (χ2v) is 7.36. The number of nitrogens with one attached hydrogen (secondary N) is 1. The number of nitrogens with zero attached hydrogens (tertiary/aromatic N) is 1. The molecule has 0 aromatic heterocycles. The van der Waals surface area contributed by atoms with Gasteiger partial charge in [-0.1, -0.05) is 29.8 Å². The molecule has 1 aromatic carbocycles. The molecule has 6 heteroatoms. The predicted molar refractivity (Wildman–Crippen MR) is 108 cm³/mol. The second-order valence-electron chi connectivity index (χ2n) is 6.95.